The molecule has 6 heteroatoms. The lowest BCUT2D eigenvalue weighted by molar-refractivity contribution is 0.221. The van der Waals surface area contributed by atoms with E-state index in [1.165, 1.54) is 43.4 Å². The van der Waals surface area contributed by atoms with E-state index in [4.69, 9.17) is 9.51 Å². The summed E-state index contributed by atoms with van der Waals surface area (Å²) in [5, 5.41) is 5.46. The molecule has 1 fully saturated rings. The van der Waals surface area contributed by atoms with Gasteiger partial charge in [0, 0.05) is 42.3 Å². The van der Waals surface area contributed by atoms with Gasteiger partial charge in [-0.25, -0.2) is 0 Å². The highest BCUT2D eigenvalue weighted by molar-refractivity contribution is 5.94. The molecule has 4 aromatic rings. The number of hydrogen-bond donors (Lipinski definition) is 0. The fourth-order valence-corrected chi connectivity index (χ4v) is 4.54. The van der Waals surface area contributed by atoms with E-state index in [1.54, 1.807) is 0 Å². The summed E-state index contributed by atoms with van der Waals surface area (Å²) >= 11 is 0. The van der Waals surface area contributed by atoms with E-state index in [0.717, 1.165) is 36.1 Å². The first kappa shape index (κ1) is 20.9. The maximum atomic E-state index is 5.75. The van der Waals surface area contributed by atoms with E-state index < -0.39 is 0 Å². The SMILES string of the molecule is CN(C)CCn1cc(-c2nc(-c3cccc(CN4CCCCC4)c3)no2)c2ccccc21. The standard InChI is InChI=1S/C26H31N5O/c1-29(2)15-16-31-19-23(22-11-4-5-12-24(22)31)26-27-25(28-32-26)21-10-8-9-20(17-21)18-30-13-6-3-7-14-30/h4-5,8-12,17,19H,3,6-7,13-16,18H2,1-2H3. The number of likely N-dealkylation sites (tertiary alicyclic amines) is 1. The Morgan fingerprint density at radius 2 is 1.84 bits per heavy atom. The Morgan fingerprint density at radius 1 is 1.00 bits per heavy atom. The van der Waals surface area contributed by atoms with Crippen molar-refractivity contribution in [3.8, 4) is 22.8 Å². The monoisotopic (exact) mass is 429 g/mol. The van der Waals surface area contributed by atoms with Gasteiger partial charge in [0.25, 0.3) is 5.89 Å². The summed E-state index contributed by atoms with van der Waals surface area (Å²) in [7, 11) is 4.19. The van der Waals surface area contributed by atoms with Gasteiger partial charge in [-0.1, -0.05) is 48.0 Å². The summed E-state index contributed by atoms with van der Waals surface area (Å²) in [6.07, 6.45) is 6.10. The van der Waals surface area contributed by atoms with Gasteiger partial charge in [0.05, 0.1) is 5.56 Å². The Bertz CT molecular complexity index is 1190. The van der Waals surface area contributed by atoms with Crippen LogP contribution in [0.1, 0.15) is 24.8 Å². The Balaban J connectivity index is 1.42. The van der Waals surface area contributed by atoms with Crippen molar-refractivity contribution in [1.29, 1.82) is 0 Å². The fraction of sp³-hybridized carbons (Fsp3) is 0.385. The number of para-hydroxylation sites is 1. The molecule has 0 spiro atoms. The summed E-state index contributed by atoms with van der Waals surface area (Å²) in [6, 6.07) is 17.0. The summed E-state index contributed by atoms with van der Waals surface area (Å²) in [4.78, 5) is 9.51. The number of rotatable bonds is 7. The minimum absolute atomic E-state index is 0.571. The van der Waals surface area contributed by atoms with Crippen molar-refractivity contribution in [2.45, 2.75) is 32.4 Å². The topological polar surface area (TPSA) is 50.3 Å². The van der Waals surface area contributed by atoms with Crippen LogP contribution in [0.5, 0.6) is 0 Å². The van der Waals surface area contributed by atoms with Crippen LogP contribution in [-0.4, -0.2) is 58.2 Å². The zero-order valence-electron chi connectivity index (χ0n) is 19.0. The molecule has 32 heavy (non-hydrogen) atoms. The maximum Gasteiger partial charge on any atom is 0.260 e. The number of benzene rings is 2. The second kappa shape index (κ2) is 9.27. The van der Waals surface area contributed by atoms with Crippen molar-refractivity contribution in [1.82, 2.24) is 24.5 Å². The quantitative estimate of drug-likeness (QED) is 0.418. The third-order valence-electron chi connectivity index (χ3n) is 6.27. The molecule has 3 heterocycles. The fourth-order valence-electron chi connectivity index (χ4n) is 4.54. The molecule has 6 nitrogen and oxygen atoms in total. The van der Waals surface area contributed by atoms with Crippen LogP contribution in [0, 0.1) is 0 Å². The van der Waals surface area contributed by atoms with Crippen molar-refractivity contribution in [2.75, 3.05) is 33.7 Å². The molecule has 5 rings (SSSR count). The van der Waals surface area contributed by atoms with Crippen molar-refractivity contribution in [2.24, 2.45) is 0 Å². The van der Waals surface area contributed by atoms with Gasteiger partial charge in [-0.05, 0) is 57.7 Å². The van der Waals surface area contributed by atoms with E-state index >= 15 is 0 Å². The smallest absolute Gasteiger partial charge is 0.260 e. The average molecular weight is 430 g/mol. The van der Waals surface area contributed by atoms with E-state index in [9.17, 15) is 0 Å². The molecule has 0 aliphatic carbocycles. The molecule has 0 unspecified atom stereocenters. The first-order valence-corrected chi connectivity index (χ1v) is 11.6. The number of nitrogens with zero attached hydrogens (tertiary/aromatic N) is 5. The summed E-state index contributed by atoms with van der Waals surface area (Å²) in [6.45, 7) is 5.24. The molecule has 0 N–H and O–H groups in total. The molecule has 0 saturated carbocycles. The number of fused-ring (bicyclic) bond motifs is 1. The minimum atomic E-state index is 0.571. The molecule has 1 aliphatic heterocycles. The molecule has 1 saturated heterocycles. The van der Waals surface area contributed by atoms with E-state index in [-0.39, 0.29) is 0 Å². The van der Waals surface area contributed by atoms with Crippen LogP contribution in [0.4, 0.5) is 0 Å². The average Bonchev–Trinajstić information content (AvgIpc) is 3.44. The Labute approximate surface area is 189 Å². The van der Waals surface area contributed by atoms with Gasteiger partial charge in [0.2, 0.25) is 5.82 Å². The molecule has 0 amide bonds. The maximum absolute atomic E-state index is 5.75. The highest BCUT2D eigenvalue weighted by Gasteiger charge is 2.17. The molecule has 0 bridgehead atoms. The largest absolute Gasteiger partial charge is 0.345 e. The highest BCUT2D eigenvalue weighted by Crippen LogP contribution is 2.31. The zero-order chi connectivity index (χ0) is 21.9. The number of piperidine rings is 1. The van der Waals surface area contributed by atoms with Gasteiger partial charge in [0.15, 0.2) is 0 Å². The first-order valence-electron chi connectivity index (χ1n) is 11.6. The van der Waals surface area contributed by atoms with E-state index in [1.807, 2.05) is 0 Å². The Morgan fingerprint density at radius 3 is 2.69 bits per heavy atom. The van der Waals surface area contributed by atoms with Crippen LogP contribution >= 0.6 is 0 Å². The van der Waals surface area contributed by atoms with Gasteiger partial charge in [-0.3, -0.25) is 4.90 Å². The van der Waals surface area contributed by atoms with Gasteiger partial charge in [0.1, 0.15) is 0 Å². The normalized spacial score (nSPS) is 15.1. The lowest BCUT2D eigenvalue weighted by atomic mass is 10.1. The van der Waals surface area contributed by atoms with Gasteiger partial charge in [-0.15, -0.1) is 0 Å². The third-order valence-corrected chi connectivity index (χ3v) is 6.27. The molecule has 0 atom stereocenters. The van der Waals surface area contributed by atoms with Crippen LogP contribution in [0.3, 0.4) is 0 Å². The van der Waals surface area contributed by atoms with E-state index in [0.29, 0.717) is 11.7 Å². The van der Waals surface area contributed by atoms with E-state index in [2.05, 4.69) is 88.3 Å². The van der Waals surface area contributed by atoms with Gasteiger partial charge < -0.3 is 14.0 Å². The minimum Gasteiger partial charge on any atom is -0.345 e. The molecular weight excluding hydrogens is 398 g/mol. The molecule has 1 aliphatic rings. The van der Waals surface area contributed by atoms with Gasteiger partial charge in [-0.2, -0.15) is 4.98 Å². The van der Waals surface area contributed by atoms with Crippen LogP contribution < -0.4 is 0 Å². The van der Waals surface area contributed by atoms with Crippen LogP contribution in [0.25, 0.3) is 33.7 Å². The molecule has 2 aromatic heterocycles. The van der Waals surface area contributed by atoms with Crippen molar-refractivity contribution < 1.29 is 4.52 Å². The lowest BCUT2D eigenvalue weighted by Crippen LogP contribution is -2.29. The highest BCUT2D eigenvalue weighted by atomic mass is 16.5. The zero-order valence-corrected chi connectivity index (χ0v) is 19.0. The number of likely N-dealkylation sites (N-methyl/N-ethyl adjacent to an activating group) is 1. The van der Waals surface area contributed by atoms with Crippen LogP contribution in [0.15, 0.2) is 59.3 Å². The van der Waals surface area contributed by atoms with Crippen LogP contribution in [0.2, 0.25) is 0 Å². The first-order chi connectivity index (χ1) is 15.7. The summed E-state index contributed by atoms with van der Waals surface area (Å²) < 4.78 is 8.02. The molecule has 0 radical (unpaired) electrons. The Hall–Kier alpha value is -2.96. The molecule has 2 aromatic carbocycles. The second-order valence-corrected chi connectivity index (χ2v) is 9.02. The van der Waals surface area contributed by atoms with Crippen molar-refractivity contribution >= 4 is 10.9 Å². The number of aromatic nitrogens is 3. The van der Waals surface area contributed by atoms with Gasteiger partial charge >= 0.3 is 0 Å². The predicted octanol–water partition coefficient (Wildman–Crippen LogP) is 4.91. The van der Waals surface area contributed by atoms with Crippen molar-refractivity contribution in [3.05, 3.63) is 60.3 Å². The molecule has 166 valence electrons. The summed E-state index contributed by atoms with van der Waals surface area (Å²) in [5.74, 6) is 1.21. The predicted molar refractivity (Wildman–Crippen MR) is 128 cm³/mol. The summed E-state index contributed by atoms with van der Waals surface area (Å²) in [5.41, 5.74) is 4.48. The third kappa shape index (κ3) is 4.47. The molecular formula is C26H31N5O. The second-order valence-electron chi connectivity index (χ2n) is 9.02. The number of hydrogen-bond acceptors (Lipinski definition) is 5. The van der Waals surface area contributed by atoms with Crippen molar-refractivity contribution in [3.63, 3.8) is 0 Å². The lowest BCUT2D eigenvalue weighted by Gasteiger charge is -2.26. The van der Waals surface area contributed by atoms with Crippen LogP contribution in [-0.2, 0) is 13.1 Å². The Kier molecular flexibility index (Phi) is 6.06.